The van der Waals surface area contributed by atoms with Crippen molar-refractivity contribution in [2.75, 3.05) is 11.1 Å². The van der Waals surface area contributed by atoms with Crippen molar-refractivity contribution < 1.29 is 0 Å². The molecule has 2 aromatic rings. The minimum absolute atomic E-state index is 0.393. The highest BCUT2D eigenvalue weighted by atomic mass is 35.5. The molecular formula is C12H8Cl4N2. The van der Waals surface area contributed by atoms with E-state index in [2.05, 4.69) is 5.32 Å². The average molecular weight is 322 g/mol. The number of hydrogen-bond donors (Lipinski definition) is 2. The summed E-state index contributed by atoms with van der Waals surface area (Å²) >= 11 is 23.9. The molecule has 0 bridgehead atoms. The third-order valence-electron chi connectivity index (χ3n) is 2.31. The number of rotatable bonds is 2. The van der Waals surface area contributed by atoms with Gasteiger partial charge in [-0.15, -0.1) is 0 Å². The fraction of sp³-hybridized carbons (Fsp3) is 0. The summed E-state index contributed by atoms with van der Waals surface area (Å²) in [6.07, 6.45) is 0. The summed E-state index contributed by atoms with van der Waals surface area (Å²) in [5.41, 5.74) is 7.48. The molecule has 0 spiro atoms. The molecule has 0 fully saturated rings. The van der Waals surface area contributed by atoms with Crippen LogP contribution in [0.25, 0.3) is 0 Å². The van der Waals surface area contributed by atoms with Crippen LogP contribution in [0.15, 0.2) is 30.3 Å². The van der Waals surface area contributed by atoms with Crippen molar-refractivity contribution in [1.29, 1.82) is 0 Å². The number of halogens is 4. The summed E-state index contributed by atoms with van der Waals surface area (Å²) in [4.78, 5) is 0. The van der Waals surface area contributed by atoms with Crippen LogP contribution in [-0.4, -0.2) is 0 Å². The third kappa shape index (κ3) is 2.78. The molecule has 0 aliphatic carbocycles. The Hall–Kier alpha value is -0.800. The molecule has 6 heteroatoms. The maximum Gasteiger partial charge on any atom is 0.0763 e. The van der Waals surface area contributed by atoms with Gasteiger partial charge in [-0.3, -0.25) is 0 Å². The van der Waals surface area contributed by atoms with Gasteiger partial charge in [-0.2, -0.15) is 0 Å². The van der Waals surface area contributed by atoms with E-state index in [1.165, 1.54) is 0 Å². The lowest BCUT2D eigenvalue weighted by atomic mass is 10.2. The monoisotopic (exact) mass is 320 g/mol. The van der Waals surface area contributed by atoms with Crippen LogP contribution >= 0.6 is 46.4 Å². The third-order valence-corrected chi connectivity index (χ3v) is 3.67. The van der Waals surface area contributed by atoms with E-state index in [-0.39, 0.29) is 0 Å². The van der Waals surface area contributed by atoms with Gasteiger partial charge >= 0.3 is 0 Å². The van der Waals surface area contributed by atoms with Gasteiger partial charge in [0.15, 0.2) is 0 Å². The van der Waals surface area contributed by atoms with E-state index in [0.717, 1.165) is 0 Å². The maximum absolute atomic E-state index is 6.06. The number of nitrogen functional groups attached to an aromatic ring is 1. The van der Waals surface area contributed by atoms with E-state index < -0.39 is 0 Å². The van der Waals surface area contributed by atoms with Gasteiger partial charge in [0.05, 0.1) is 37.2 Å². The SMILES string of the molecule is Nc1cc(Cl)c(Cl)cc1Nc1c(Cl)cccc1Cl. The lowest BCUT2D eigenvalue weighted by Crippen LogP contribution is -1.97. The first-order valence-corrected chi connectivity index (χ1v) is 6.46. The molecule has 0 atom stereocenters. The predicted molar refractivity (Wildman–Crippen MR) is 80.6 cm³/mol. The maximum atomic E-state index is 6.06. The summed E-state index contributed by atoms with van der Waals surface area (Å²) in [5.74, 6) is 0. The van der Waals surface area contributed by atoms with E-state index in [0.29, 0.717) is 37.2 Å². The van der Waals surface area contributed by atoms with Gasteiger partial charge in [0.2, 0.25) is 0 Å². The molecule has 2 aromatic carbocycles. The molecule has 0 amide bonds. The van der Waals surface area contributed by atoms with Gasteiger partial charge in [-0.05, 0) is 24.3 Å². The highest BCUT2D eigenvalue weighted by Gasteiger charge is 2.09. The standard InChI is InChI=1S/C12H8Cl4N2/c13-6-2-1-3-7(14)12(6)18-11-5-9(16)8(15)4-10(11)17/h1-5,18H,17H2. The lowest BCUT2D eigenvalue weighted by Gasteiger charge is -2.13. The zero-order valence-corrected chi connectivity index (χ0v) is 12.0. The van der Waals surface area contributed by atoms with Crippen LogP contribution in [0.3, 0.4) is 0 Å². The molecule has 2 nitrogen and oxygen atoms in total. The summed E-state index contributed by atoms with van der Waals surface area (Å²) in [7, 11) is 0. The van der Waals surface area contributed by atoms with E-state index >= 15 is 0 Å². The van der Waals surface area contributed by atoms with Crippen molar-refractivity contribution >= 4 is 63.5 Å². The van der Waals surface area contributed by atoms with Crippen molar-refractivity contribution in [2.24, 2.45) is 0 Å². The molecular weight excluding hydrogens is 314 g/mol. The van der Waals surface area contributed by atoms with Gasteiger partial charge in [0.1, 0.15) is 0 Å². The van der Waals surface area contributed by atoms with Crippen LogP contribution < -0.4 is 11.1 Å². The number of anilines is 3. The molecule has 2 rings (SSSR count). The van der Waals surface area contributed by atoms with Crippen LogP contribution in [0.4, 0.5) is 17.1 Å². The molecule has 0 heterocycles. The Morgan fingerprint density at radius 3 is 2.00 bits per heavy atom. The van der Waals surface area contributed by atoms with E-state index in [9.17, 15) is 0 Å². The molecule has 0 radical (unpaired) electrons. The predicted octanol–water partition coefficient (Wildman–Crippen LogP) is 5.63. The van der Waals surface area contributed by atoms with Gasteiger partial charge < -0.3 is 11.1 Å². The number of nitrogens with two attached hydrogens (primary N) is 1. The van der Waals surface area contributed by atoms with Crippen LogP contribution in [0.2, 0.25) is 20.1 Å². The van der Waals surface area contributed by atoms with Gasteiger partial charge in [0.25, 0.3) is 0 Å². The van der Waals surface area contributed by atoms with Crippen LogP contribution in [0, 0.1) is 0 Å². The first kappa shape index (κ1) is 13.6. The largest absolute Gasteiger partial charge is 0.397 e. The second-order valence-electron chi connectivity index (χ2n) is 3.58. The fourth-order valence-electron chi connectivity index (χ4n) is 1.42. The number of hydrogen-bond acceptors (Lipinski definition) is 2. The molecule has 18 heavy (non-hydrogen) atoms. The van der Waals surface area contributed by atoms with Gasteiger partial charge in [0, 0.05) is 0 Å². The number of benzene rings is 2. The fourth-order valence-corrected chi connectivity index (χ4v) is 2.25. The first-order valence-electron chi connectivity index (χ1n) is 4.94. The minimum Gasteiger partial charge on any atom is -0.397 e. The van der Waals surface area contributed by atoms with Gasteiger partial charge in [-0.1, -0.05) is 52.5 Å². The Morgan fingerprint density at radius 2 is 1.39 bits per heavy atom. The zero-order valence-electron chi connectivity index (χ0n) is 8.98. The van der Waals surface area contributed by atoms with Gasteiger partial charge in [-0.25, -0.2) is 0 Å². The van der Waals surface area contributed by atoms with Crippen LogP contribution in [0.5, 0.6) is 0 Å². The highest BCUT2D eigenvalue weighted by molar-refractivity contribution is 6.42. The molecule has 0 saturated heterocycles. The summed E-state index contributed by atoms with van der Waals surface area (Å²) in [6.45, 7) is 0. The van der Waals surface area contributed by atoms with Crippen LogP contribution in [0.1, 0.15) is 0 Å². The normalized spacial score (nSPS) is 10.4. The van der Waals surface area contributed by atoms with Crippen molar-refractivity contribution in [3.05, 3.63) is 50.4 Å². The molecule has 0 aliphatic rings. The average Bonchev–Trinajstić information content (AvgIpc) is 2.30. The second kappa shape index (κ2) is 5.45. The summed E-state index contributed by atoms with van der Waals surface area (Å²) in [6, 6.07) is 8.40. The van der Waals surface area contributed by atoms with Crippen LogP contribution in [-0.2, 0) is 0 Å². The molecule has 3 N–H and O–H groups in total. The second-order valence-corrected chi connectivity index (χ2v) is 5.20. The number of para-hydroxylation sites is 1. The van der Waals surface area contributed by atoms with E-state index in [1.807, 2.05) is 0 Å². The molecule has 94 valence electrons. The smallest absolute Gasteiger partial charge is 0.0763 e. The minimum atomic E-state index is 0.393. The topological polar surface area (TPSA) is 38.0 Å². The Morgan fingerprint density at radius 1 is 0.833 bits per heavy atom. The Balaban J connectivity index is 2.43. The zero-order chi connectivity index (χ0) is 13.3. The highest BCUT2D eigenvalue weighted by Crippen LogP contribution is 2.37. The van der Waals surface area contributed by atoms with Crippen molar-refractivity contribution in [1.82, 2.24) is 0 Å². The summed E-state index contributed by atoms with van der Waals surface area (Å²) < 4.78 is 0. The Labute approximate surface area is 125 Å². The Bertz CT molecular complexity index is 579. The molecule has 0 aromatic heterocycles. The lowest BCUT2D eigenvalue weighted by molar-refractivity contribution is 1.54. The van der Waals surface area contributed by atoms with Crippen molar-refractivity contribution in [3.8, 4) is 0 Å². The molecule has 0 saturated carbocycles. The number of nitrogens with one attached hydrogen (secondary N) is 1. The van der Waals surface area contributed by atoms with E-state index in [4.69, 9.17) is 52.1 Å². The Kier molecular flexibility index (Phi) is 4.13. The quantitative estimate of drug-likeness (QED) is 0.704. The molecule has 0 unspecified atom stereocenters. The van der Waals surface area contributed by atoms with E-state index in [1.54, 1.807) is 30.3 Å². The van der Waals surface area contributed by atoms with Crippen molar-refractivity contribution in [3.63, 3.8) is 0 Å². The van der Waals surface area contributed by atoms with Crippen molar-refractivity contribution in [2.45, 2.75) is 0 Å². The first-order chi connectivity index (χ1) is 8.49. The molecule has 0 aliphatic heterocycles. The summed E-state index contributed by atoms with van der Waals surface area (Å²) in [5, 5.41) is 4.82.